The van der Waals surface area contributed by atoms with Gasteiger partial charge in [0.1, 0.15) is 11.4 Å². The third-order valence-electron chi connectivity index (χ3n) is 3.18. The van der Waals surface area contributed by atoms with Gasteiger partial charge in [0.05, 0.1) is 12.2 Å². The summed E-state index contributed by atoms with van der Waals surface area (Å²) in [6.07, 6.45) is 6.32. The highest BCUT2D eigenvalue weighted by atomic mass is 19.1. The molecule has 0 saturated heterocycles. The summed E-state index contributed by atoms with van der Waals surface area (Å²) in [4.78, 5) is 22.8. The van der Waals surface area contributed by atoms with Crippen molar-refractivity contribution in [2.24, 2.45) is 0 Å². The van der Waals surface area contributed by atoms with Gasteiger partial charge in [-0.25, -0.2) is 14.0 Å². The van der Waals surface area contributed by atoms with Crippen molar-refractivity contribution < 1.29 is 23.8 Å². The number of ether oxygens (including phenoxy) is 1. The molecule has 0 bridgehead atoms. The molecule has 0 atom stereocenters. The number of halogens is 1. The number of aromatic carboxylic acids is 1. The van der Waals surface area contributed by atoms with Gasteiger partial charge in [-0.2, -0.15) is 0 Å². The van der Waals surface area contributed by atoms with E-state index in [0.717, 1.165) is 31.7 Å². The molecule has 0 aliphatic rings. The number of esters is 1. The van der Waals surface area contributed by atoms with Gasteiger partial charge in [-0.1, -0.05) is 45.1 Å². The van der Waals surface area contributed by atoms with Crippen molar-refractivity contribution in [3.8, 4) is 0 Å². The summed E-state index contributed by atoms with van der Waals surface area (Å²) in [5.41, 5.74) is -0.876. The maximum absolute atomic E-state index is 13.4. The van der Waals surface area contributed by atoms with Gasteiger partial charge < -0.3 is 9.84 Å². The smallest absolute Gasteiger partial charge is 0.339 e. The summed E-state index contributed by atoms with van der Waals surface area (Å²) in [5, 5.41) is 8.94. The first kappa shape index (κ1) is 17.1. The molecular formula is C16H21FO4. The van der Waals surface area contributed by atoms with Crippen LogP contribution in [0.1, 0.15) is 66.2 Å². The number of carbonyl (C=O) groups is 2. The average molecular weight is 296 g/mol. The molecule has 5 heteroatoms. The number of rotatable bonds is 9. The van der Waals surface area contributed by atoms with Crippen molar-refractivity contribution in [2.75, 3.05) is 6.61 Å². The Balaban J connectivity index is 2.46. The van der Waals surface area contributed by atoms with Crippen LogP contribution >= 0.6 is 0 Å². The second kappa shape index (κ2) is 9.10. The molecule has 1 rings (SSSR count). The lowest BCUT2D eigenvalue weighted by molar-refractivity contribution is 0.0486. The van der Waals surface area contributed by atoms with Crippen molar-refractivity contribution in [3.63, 3.8) is 0 Å². The van der Waals surface area contributed by atoms with Crippen LogP contribution in [0.2, 0.25) is 0 Å². The minimum atomic E-state index is -1.47. The van der Waals surface area contributed by atoms with Gasteiger partial charge in [0, 0.05) is 0 Å². The normalized spacial score (nSPS) is 10.4. The molecule has 0 fully saturated rings. The number of hydrogen-bond donors (Lipinski definition) is 1. The van der Waals surface area contributed by atoms with Crippen molar-refractivity contribution in [3.05, 3.63) is 35.1 Å². The molecule has 0 spiro atoms. The monoisotopic (exact) mass is 296 g/mol. The van der Waals surface area contributed by atoms with E-state index in [1.807, 2.05) is 0 Å². The lowest BCUT2D eigenvalue weighted by atomic mass is 10.1. The largest absolute Gasteiger partial charge is 0.478 e. The first-order valence-electron chi connectivity index (χ1n) is 7.26. The first-order chi connectivity index (χ1) is 10.1. The number of benzene rings is 1. The molecule has 0 aliphatic carbocycles. The van der Waals surface area contributed by atoms with Gasteiger partial charge in [0.15, 0.2) is 0 Å². The van der Waals surface area contributed by atoms with Crippen molar-refractivity contribution in [2.45, 2.75) is 45.4 Å². The van der Waals surface area contributed by atoms with Crippen LogP contribution in [0.5, 0.6) is 0 Å². The quantitative estimate of drug-likeness (QED) is 0.551. The van der Waals surface area contributed by atoms with Crippen LogP contribution in [-0.4, -0.2) is 23.7 Å². The van der Waals surface area contributed by atoms with Crippen LogP contribution in [-0.2, 0) is 4.74 Å². The molecule has 1 aromatic rings. The fourth-order valence-electron chi connectivity index (χ4n) is 2.04. The zero-order chi connectivity index (χ0) is 15.7. The van der Waals surface area contributed by atoms with Gasteiger partial charge in [-0.05, 0) is 18.6 Å². The molecule has 0 radical (unpaired) electrons. The lowest BCUT2D eigenvalue weighted by Crippen LogP contribution is -2.14. The topological polar surface area (TPSA) is 63.6 Å². The van der Waals surface area contributed by atoms with Crippen LogP contribution in [0.3, 0.4) is 0 Å². The Kier molecular flexibility index (Phi) is 7.43. The Hall–Kier alpha value is -1.91. The Morgan fingerprint density at radius 3 is 2.48 bits per heavy atom. The summed E-state index contributed by atoms with van der Waals surface area (Å²) < 4.78 is 18.4. The van der Waals surface area contributed by atoms with E-state index in [-0.39, 0.29) is 12.2 Å². The fraction of sp³-hybridized carbons (Fsp3) is 0.500. The minimum Gasteiger partial charge on any atom is -0.478 e. The Bertz CT molecular complexity index is 485. The van der Waals surface area contributed by atoms with E-state index in [1.165, 1.54) is 25.0 Å². The van der Waals surface area contributed by atoms with Crippen LogP contribution in [0, 0.1) is 5.82 Å². The highest BCUT2D eigenvalue weighted by Gasteiger charge is 2.21. The Labute approximate surface area is 123 Å². The third-order valence-corrected chi connectivity index (χ3v) is 3.18. The van der Waals surface area contributed by atoms with Crippen LogP contribution in [0.4, 0.5) is 4.39 Å². The minimum absolute atomic E-state index is 0.223. The van der Waals surface area contributed by atoms with Crippen molar-refractivity contribution in [1.82, 2.24) is 0 Å². The predicted octanol–water partition coefficient (Wildman–Crippen LogP) is 4.04. The highest BCUT2D eigenvalue weighted by molar-refractivity contribution is 6.02. The van der Waals surface area contributed by atoms with Crippen LogP contribution in [0.15, 0.2) is 18.2 Å². The molecule has 0 aromatic heterocycles. The van der Waals surface area contributed by atoms with E-state index in [4.69, 9.17) is 9.84 Å². The van der Waals surface area contributed by atoms with E-state index in [0.29, 0.717) is 0 Å². The van der Waals surface area contributed by atoms with E-state index in [9.17, 15) is 14.0 Å². The zero-order valence-corrected chi connectivity index (χ0v) is 12.2. The zero-order valence-electron chi connectivity index (χ0n) is 12.2. The number of unbranched alkanes of at least 4 members (excludes halogenated alkanes) is 5. The molecule has 0 heterocycles. The second-order valence-corrected chi connectivity index (χ2v) is 4.87. The van der Waals surface area contributed by atoms with Crippen LogP contribution in [0.25, 0.3) is 0 Å². The summed E-state index contributed by atoms with van der Waals surface area (Å²) in [5.74, 6) is -3.20. The molecule has 0 amide bonds. The number of carboxylic acid groups (broad SMARTS) is 1. The van der Waals surface area contributed by atoms with Gasteiger partial charge >= 0.3 is 11.9 Å². The summed E-state index contributed by atoms with van der Waals surface area (Å²) >= 11 is 0. The number of hydrogen-bond acceptors (Lipinski definition) is 3. The summed E-state index contributed by atoms with van der Waals surface area (Å²) in [6, 6.07) is 3.56. The molecule has 0 saturated carbocycles. The predicted molar refractivity (Wildman–Crippen MR) is 77.0 cm³/mol. The lowest BCUT2D eigenvalue weighted by Gasteiger charge is -2.08. The SMILES string of the molecule is CCCCCCCCOC(=O)c1cccc(F)c1C(=O)O. The summed E-state index contributed by atoms with van der Waals surface area (Å²) in [7, 11) is 0. The van der Waals surface area contributed by atoms with Crippen molar-refractivity contribution in [1.29, 1.82) is 0 Å². The second-order valence-electron chi connectivity index (χ2n) is 4.87. The number of carbonyl (C=O) groups excluding carboxylic acids is 1. The molecule has 21 heavy (non-hydrogen) atoms. The van der Waals surface area contributed by atoms with Crippen molar-refractivity contribution >= 4 is 11.9 Å². The Morgan fingerprint density at radius 2 is 1.81 bits per heavy atom. The fourth-order valence-corrected chi connectivity index (χ4v) is 2.04. The molecule has 1 N–H and O–H groups in total. The molecule has 0 unspecified atom stereocenters. The third kappa shape index (κ3) is 5.53. The van der Waals surface area contributed by atoms with Crippen LogP contribution < -0.4 is 0 Å². The maximum atomic E-state index is 13.4. The Morgan fingerprint density at radius 1 is 1.14 bits per heavy atom. The van der Waals surface area contributed by atoms with Gasteiger partial charge in [0.25, 0.3) is 0 Å². The summed E-state index contributed by atoms with van der Waals surface area (Å²) in [6.45, 7) is 2.36. The number of carboxylic acids is 1. The van der Waals surface area contributed by atoms with E-state index < -0.39 is 23.3 Å². The van der Waals surface area contributed by atoms with Gasteiger partial charge in [-0.15, -0.1) is 0 Å². The molecule has 0 aliphatic heterocycles. The molecule has 1 aromatic carbocycles. The molecular weight excluding hydrogens is 275 g/mol. The molecule has 4 nitrogen and oxygen atoms in total. The van der Waals surface area contributed by atoms with Gasteiger partial charge in [-0.3, -0.25) is 0 Å². The van der Waals surface area contributed by atoms with Gasteiger partial charge in [0.2, 0.25) is 0 Å². The standard InChI is InChI=1S/C16H21FO4/c1-2-3-4-5-6-7-11-21-16(20)12-9-8-10-13(17)14(12)15(18)19/h8-10H,2-7,11H2,1H3,(H,18,19). The average Bonchev–Trinajstić information content (AvgIpc) is 2.45. The van der Waals surface area contributed by atoms with E-state index in [2.05, 4.69) is 6.92 Å². The maximum Gasteiger partial charge on any atom is 0.339 e. The first-order valence-corrected chi connectivity index (χ1v) is 7.26. The van der Waals surface area contributed by atoms with E-state index >= 15 is 0 Å². The molecule has 116 valence electrons. The highest BCUT2D eigenvalue weighted by Crippen LogP contribution is 2.15. The van der Waals surface area contributed by atoms with E-state index in [1.54, 1.807) is 0 Å².